The number of hydrogen-bond acceptors (Lipinski definition) is 7. The first-order chi connectivity index (χ1) is 11.3. The van der Waals surface area contributed by atoms with E-state index in [4.69, 9.17) is 12.2 Å². The van der Waals surface area contributed by atoms with Gasteiger partial charge in [0.2, 0.25) is 0 Å². The summed E-state index contributed by atoms with van der Waals surface area (Å²) in [5, 5.41) is 21.8. The lowest BCUT2D eigenvalue weighted by Gasteiger charge is -2.27. The second kappa shape index (κ2) is 7.54. The second-order valence-electron chi connectivity index (χ2n) is 4.85. The van der Waals surface area contributed by atoms with Crippen LogP contribution in [-0.2, 0) is 14.4 Å². The number of nitrogens with zero attached hydrogens (tertiary/aromatic N) is 1. The molecule has 1 aliphatic rings. The van der Waals surface area contributed by atoms with Crippen molar-refractivity contribution in [3.8, 4) is 0 Å². The van der Waals surface area contributed by atoms with E-state index in [2.05, 4.69) is 0 Å². The lowest BCUT2D eigenvalue weighted by Crippen LogP contribution is -2.50. The summed E-state index contributed by atoms with van der Waals surface area (Å²) in [6.07, 6.45) is 0.441. The molecule has 1 aliphatic heterocycles. The van der Waals surface area contributed by atoms with E-state index in [-0.39, 0.29) is 15.6 Å². The van der Waals surface area contributed by atoms with Crippen LogP contribution in [0.1, 0.15) is 18.4 Å². The SMILES string of the molecule is O=C([O-])CC[C@H](C(=O)[O-])N1C(=O)/C(=C/c2cccc(F)c2)SC1=S. The van der Waals surface area contributed by atoms with Gasteiger partial charge in [-0.2, -0.15) is 0 Å². The summed E-state index contributed by atoms with van der Waals surface area (Å²) in [4.78, 5) is 35.1. The molecule has 1 saturated heterocycles. The van der Waals surface area contributed by atoms with Gasteiger partial charge >= 0.3 is 0 Å². The average molecular weight is 367 g/mol. The number of carbonyl (C=O) groups is 3. The van der Waals surface area contributed by atoms with Gasteiger partial charge in [-0.25, -0.2) is 4.39 Å². The molecule has 1 fully saturated rings. The zero-order valence-electron chi connectivity index (χ0n) is 12.1. The molecule has 1 amide bonds. The van der Waals surface area contributed by atoms with E-state index in [0.717, 1.165) is 16.7 Å². The van der Waals surface area contributed by atoms with Crippen LogP contribution in [0.3, 0.4) is 0 Å². The van der Waals surface area contributed by atoms with E-state index < -0.39 is 36.1 Å². The van der Waals surface area contributed by atoms with Crippen molar-refractivity contribution in [1.82, 2.24) is 4.90 Å². The molecule has 0 aliphatic carbocycles. The minimum absolute atomic E-state index is 0.0322. The molecule has 1 aromatic carbocycles. The fourth-order valence-corrected chi connectivity index (χ4v) is 3.46. The third-order valence-electron chi connectivity index (χ3n) is 3.18. The van der Waals surface area contributed by atoms with Gasteiger partial charge in [-0.05, 0) is 36.6 Å². The van der Waals surface area contributed by atoms with Gasteiger partial charge in [-0.1, -0.05) is 36.1 Å². The number of carboxylic acid groups (broad SMARTS) is 2. The molecule has 1 atom stereocenters. The standard InChI is InChI=1S/C15H12FNO5S2/c16-9-3-1-2-8(6-9)7-11-13(20)17(15(23)24-11)10(14(21)22)4-5-12(18)19/h1-3,6-7,10H,4-5H2,(H,18,19)(H,21,22)/p-2/b11-7-/t10-/m1/s1. The summed E-state index contributed by atoms with van der Waals surface area (Å²) in [6, 6.07) is 3.98. The third kappa shape index (κ3) is 4.18. The molecule has 0 radical (unpaired) electrons. The number of thioether (sulfide) groups is 1. The molecular formula is C15H10FNO5S2-2. The van der Waals surface area contributed by atoms with Gasteiger partial charge in [0.15, 0.2) is 0 Å². The summed E-state index contributed by atoms with van der Waals surface area (Å²) in [6.45, 7) is 0. The van der Waals surface area contributed by atoms with Crippen LogP contribution in [0.25, 0.3) is 6.08 Å². The molecule has 24 heavy (non-hydrogen) atoms. The molecular weight excluding hydrogens is 357 g/mol. The van der Waals surface area contributed by atoms with Crippen molar-refractivity contribution in [2.75, 3.05) is 0 Å². The highest BCUT2D eigenvalue weighted by Crippen LogP contribution is 2.34. The minimum Gasteiger partial charge on any atom is -0.550 e. The molecule has 1 heterocycles. The summed E-state index contributed by atoms with van der Waals surface area (Å²) in [7, 11) is 0. The van der Waals surface area contributed by atoms with Gasteiger partial charge in [0, 0.05) is 5.97 Å². The van der Waals surface area contributed by atoms with E-state index in [9.17, 15) is 29.0 Å². The average Bonchev–Trinajstić information content (AvgIpc) is 2.74. The third-order valence-corrected chi connectivity index (χ3v) is 4.51. The number of benzene rings is 1. The van der Waals surface area contributed by atoms with Crippen molar-refractivity contribution >= 4 is 52.2 Å². The number of carboxylic acids is 2. The lowest BCUT2D eigenvalue weighted by atomic mass is 10.1. The van der Waals surface area contributed by atoms with Crippen LogP contribution in [0.4, 0.5) is 4.39 Å². The van der Waals surface area contributed by atoms with Crippen LogP contribution in [0.5, 0.6) is 0 Å². The molecule has 0 N–H and O–H groups in total. The predicted octanol–water partition coefficient (Wildman–Crippen LogP) is -0.324. The fourth-order valence-electron chi connectivity index (χ4n) is 2.10. The molecule has 9 heteroatoms. The number of thiocarbonyl (C=S) groups is 1. The normalized spacial score (nSPS) is 17.4. The van der Waals surface area contributed by atoms with Crippen LogP contribution in [0.2, 0.25) is 0 Å². The van der Waals surface area contributed by atoms with Crippen LogP contribution in [0, 0.1) is 5.82 Å². The molecule has 0 aromatic heterocycles. The van der Waals surface area contributed by atoms with Crippen molar-refractivity contribution in [2.24, 2.45) is 0 Å². The van der Waals surface area contributed by atoms with Gasteiger partial charge in [-0.15, -0.1) is 0 Å². The Morgan fingerprint density at radius 3 is 2.67 bits per heavy atom. The highest BCUT2D eigenvalue weighted by Gasteiger charge is 2.37. The van der Waals surface area contributed by atoms with Gasteiger partial charge in [0.25, 0.3) is 5.91 Å². The summed E-state index contributed by atoms with van der Waals surface area (Å²) >= 11 is 5.87. The Bertz CT molecular complexity index is 749. The Balaban J connectivity index is 2.26. The van der Waals surface area contributed by atoms with E-state index >= 15 is 0 Å². The van der Waals surface area contributed by atoms with Crippen molar-refractivity contribution < 1.29 is 29.0 Å². The zero-order valence-corrected chi connectivity index (χ0v) is 13.7. The number of halogens is 1. The van der Waals surface area contributed by atoms with Gasteiger partial charge in [-0.3, -0.25) is 9.69 Å². The first-order valence-electron chi connectivity index (χ1n) is 6.73. The Morgan fingerprint density at radius 1 is 1.38 bits per heavy atom. The molecule has 2 rings (SSSR count). The number of aliphatic carboxylic acids is 2. The first-order valence-corrected chi connectivity index (χ1v) is 7.95. The summed E-state index contributed by atoms with van der Waals surface area (Å²) in [5.74, 6) is -4.23. The smallest absolute Gasteiger partial charge is 0.266 e. The van der Waals surface area contributed by atoms with Crippen molar-refractivity contribution in [2.45, 2.75) is 18.9 Å². The van der Waals surface area contributed by atoms with Crippen LogP contribution < -0.4 is 10.2 Å². The van der Waals surface area contributed by atoms with E-state index in [0.29, 0.717) is 5.56 Å². The number of amides is 1. The number of carbonyl (C=O) groups excluding carboxylic acids is 3. The lowest BCUT2D eigenvalue weighted by molar-refractivity contribution is -0.311. The second-order valence-corrected chi connectivity index (χ2v) is 6.53. The molecule has 0 saturated carbocycles. The quantitative estimate of drug-likeness (QED) is 0.501. The van der Waals surface area contributed by atoms with E-state index in [1.165, 1.54) is 24.3 Å². The molecule has 6 nitrogen and oxygen atoms in total. The van der Waals surface area contributed by atoms with Crippen molar-refractivity contribution in [3.05, 3.63) is 40.6 Å². The maximum atomic E-state index is 13.2. The topological polar surface area (TPSA) is 101 Å². The van der Waals surface area contributed by atoms with Gasteiger partial charge in [0.1, 0.15) is 10.1 Å². The van der Waals surface area contributed by atoms with Crippen LogP contribution in [-0.4, -0.2) is 33.1 Å². The highest BCUT2D eigenvalue weighted by atomic mass is 32.2. The van der Waals surface area contributed by atoms with Crippen LogP contribution in [0.15, 0.2) is 29.2 Å². The predicted molar refractivity (Wildman–Crippen MR) is 84.4 cm³/mol. The molecule has 0 spiro atoms. The van der Waals surface area contributed by atoms with Crippen molar-refractivity contribution in [3.63, 3.8) is 0 Å². The monoisotopic (exact) mass is 367 g/mol. The van der Waals surface area contributed by atoms with Gasteiger partial charge in [0.05, 0.1) is 16.9 Å². The fraction of sp³-hybridized carbons (Fsp3) is 0.200. The van der Waals surface area contributed by atoms with E-state index in [1.54, 1.807) is 6.07 Å². The number of rotatable bonds is 6. The molecule has 126 valence electrons. The van der Waals surface area contributed by atoms with E-state index in [1.807, 2.05) is 0 Å². The number of hydrogen-bond donors (Lipinski definition) is 0. The largest absolute Gasteiger partial charge is 0.550 e. The highest BCUT2D eigenvalue weighted by molar-refractivity contribution is 8.26. The van der Waals surface area contributed by atoms with Gasteiger partial charge < -0.3 is 19.8 Å². The summed E-state index contributed by atoms with van der Waals surface area (Å²) < 4.78 is 13.2. The maximum Gasteiger partial charge on any atom is 0.266 e. The van der Waals surface area contributed by atoms with Crippen molar-refractivity contribution in [1.29, 1.82) is 0 Å². The first kappa shape index (κ1) is 18.1. The Kier molecular flexibility index (Phi) is 5.68. The molecule has 0 unspecified atom stereocenters. The minimum atomic E-state index is -1.61. The Hall–Kier alpha value is -2.26. The zero-order chi connectivity index (χ0) is 17.9. The maximum absolute atomic E-state index is 13.2. The molecule has 1 aromatic rings. The summed E-state index contributed by atoms with van der Waals surface area (Å²) in [5.41, 5.74) is 0.412. The Morgan fingerprint density at radius 2 is 2.08 bits per heavy atom. The Labute approximate surface area is 146 Å². The van der Waals surface area contributed by atoms with Crippen LogP contribution >= 0.6 is 24.0 Å². The molecule has 0 bridgehead atoms.